The lowest BCUT2D eigenvalue weighted by atomic mass is 10.2. The molecule has 0 aliphatic heterocycles. The highest BCUT2D eigenvalue weighted by Crippen LogP contribution is 2.34. The Kier molecular flexibility index (Phi) is 2.94. The molecule has 6 heteroatoms. The number of alkyl halides is 3. The number of hydrogen-bond acceptors (Lipinski definition) is 1. The molecule has 0 fully saturated rings. The third-order valence-electron chi connectivity index (χ3n) is 2.95. The molecule has 0 unspecified atom stereocenters. The Bertz CT molecular complexity index is 744. The van der Waals surface area contributed by atoms with Gasteiger partial charge in [-0.15, -0.1) is 0 Å². The first-order valence-corrected chi connectivity index (χ1v) is 6.14. The molecule has 102 valence electrons. The summed E-state index contributed by atoms with van der Waals surface area (Å²) in [4.78, 5) is 6.91. The van der Waals surface area contributed by atoms with Gasteiger partial charge in [-0.05, 0) is 18.2 Å². The molecule has 0 saturated carbocycles. The third kappa shape index (κ3) is 2.25. The second-order valence-electron chi connectivity index (χ2n) is 4.32. The quantitative estimate of drug-likeness (QED) is 0.679. The molecular weight excluding hydrogens is 289 g/mol. The van der Waals surface area contributed by atoms with E-state index < -0.39 is 11.7 Å². The Morgan fingerprint density at radius 1 is 1.10 bits per heavy atom. The first kappa shape index (κ1) is 13.0. The molecule has 0 saturated heterocycles. The summed E-state index contributed by atoms with van der Waals surface area (Å²) in [5.41, 5.74) is 0.906. The molecule has 2 heterocycles. The van der Waals surface area contributed by atoms with Gasteiger partial charge in [-0.3, -0.25) is 4.98 Å². The molecule has 1 N–H and O–H groups in total. The van der Waals surface area contributed by atoms with Gasteiger partial charge in [0.2, 0.25) is 0 Å². The van der Waals surface area contributed by atoms with Crippen molar-refractivity contribution in [2.75, 3.05) is 0 Å². The van der Waals surface area contributed by atoms with Gasteiger partial charge in [0.15, 0.2) is 0 Å². The minimum Gasteiger partial charge on any atom is -0.353 e. The lowest BCUT2D eigenvalue weighted by Gasteiger charge is -2.08. The molecule has 0 radical (unpaired) electrons. The molecule has 0 amide bonds. The van der Waals surface area contributed by atoms with Crippen LogP contribution >= 0.6 is 11.6 Å². The summed E-state index contributed by atoms with van der Waals surface area (Å²) in [6.07, 6.45) is -3.66. The van der Waals surface area contributed by atoms with Gasteiger partial charge < -0.3 is 4.98 Å². The molecule has 2 aromatic heterocycles. The Hall–Kier alpha value is -2.01. The summed E-state index contributed by atoms with van der Waals surface area (Å²) < 4.78 is 37.7. The second kappa shape index (κ2) is 4.52. The van der Waals surface area contributed by atoms with Crippen LogP contribution in [0.1, 0.15) is 5.56 Å². The smallest absolute Gasteiger partial charge is 0.353 e. The maximum atomic E-state index is 12.6. The van der Waals surface area contributed by atoms with Crippen LogP contribution < -0.4 is 0 Å². The highest BCUT2D eigenvalue weighted by Gasteiger charge is 2.31. The zero-order valence-corrected chi connectivity index (χ0v) is 10.8. The van der Waals surface area contributed by atoms with E-state index >= 15 is 0 Å². The summed E-state index contributed by atoms with van der Waals surface area (Å²) >= 11 is 5.92. The van der Waals surface area contributed by atoms with Crippen LogP contribution in [0.15, 0.2) is 42.6 Å². The molecule has 0 aliphatic rings. The number of H-pyrrole nitrogens is 1. The van der Waals surface area contributed by atoms with E-state index in [0.29, 0.717) is 11.4 Å². The number of aromatic amines is 1. The van der Waals surface area contributed by atoms with Gasteiger partial charge in [-0.25, -0.2) is 0 Å². The average Bonchev–Trinajstić information content (AvgIpc) is 2.80. The van der Waals surface area contributed by atoms with Crippen LogP contribution in [0.4, 0.5) is 13.2 Å². The van der Waals surface area contributed by atoms with Crippen LogP contribution in [-0.4, -0.2) is 9.97 Å². The highest BCUT2D eigenvalue weighted by atomic mass is 35.5. The predicted octanol–water partition coefficient (Wildman–Crippen LogP) is 4.90. The van der Waals surface area contributed by atoms with Crippen molar-refractivity contribution in [3.05, 3.63) is 53.2 Å². The topological polar surface area (TPSA) is 28.7 Å². The van der Waals surface area contributed by atoms with Crippen molar-refractivity contribution >= 4 is 22.5 Å². The lowest BCUT2D eigenvalue weighted by Crippen LogP contribution is -2.05. The lowest BCUT2D eigenvalue weighted by molar-refractivity contribution is -0.137. The monoisotopic (exact) mass is 296 g/mol. The number of hydrogen-bond donors (Lipinski definition) is 1. The number of halogens is 4. The number of nitrogens with zero attached hydrogens (tertiary/aromatic N) is 1. The van der Waals surface area contributed by atoms with E-state index in [1.165, 1.54) is 0 Å². The summed E-state index contributed by atoms with van der Waals surface area (Å²) in [6, 6.07) is 10.2. The molecule has 0 spiro atoms. The SMILES string of the molecule is FC(F)(F)c1cnc(-c2cc3ccccc3[nH]2)c(Cl)c1. The number of rotatable bonds is 1. The fraction of sp³-hybridized carbons (Fsp3) is 0.0714. The van der Waals surface area contributed by atoms with E-state index in [1.54, 1.807) is 6.07 Å². The van der Waals surface area contributed by atoms with E-state index in [1.807, 2.05) is 24.3 Å². The Labute approximate surface area is 117 Å². The summed E-state index contributed by atoms with van der Waals surface area (Å²) in [6.45, 7) is 0. The van der Waals surface area contributed by atoms with E-state index in [9.17, 15) is 13.2 Å². The van der Waals surface area contributed by atoms with Crippen molar-refractivity contribution < 1.29 is 13.2 Å². The van der Waals surface area contributed by atoms with Gasteiger partial charge in [0.1, 0.15) is 5.69 Å². The Morgan fingerprint density at radius 3 is 2.50 bits per heavy atom. The standard InChI is InChI=1S/C14H8ClF3N2/c15-10-6-9(14(16,17)18)7-19-13(10)12-5-8-3-1-2-4-11(8)20-12/h1-7,20H. The van der Waals surface area contributed by atoms with Gasteiger partial charge in [0, 0.05) is 17.1 Å². The molecular formula is C14H8ClF3N2. The molecule has 20 heavy (non-hydrogen) atoms. The molecule has 0 aliphatic carbocycles. The van der Waals surface area contributed by atoms with Gasteiger partial charge in [0.25, 0.3) is 0 Å². The van der Waals surface area contributed by atoms with Crippen molar-refractivity contribution in [3.63, 3.8) is 0 Å². The minimum atomic E-state index is -4.45. The molecule has 2 nitrogen and oxygen atoms in total. The normalized spacial score (nSPS) is 12.0. The number of para-hydroxylation sites is 1. The van der Waals surface area contributed by atoms with Crippen LogP contribution in [-0.2, 0) is 6.18 Å². The maximum absolute atomic E-state index is 12.6. The van der Waals surface area contributed by atoms with Crippen molar-refractivity contribution in [3.8, 4) is 11.4 Å². The third-order valence-corrected chi connectivity index (χ3v) is 3.24. The van der Waals surface area contributed by atoms with Gasteiger partial charge in [-0.2, -0.15) is 13.2 Å². The molecule has 0 atom stereocenters. The van der Waals surface area contributed by atoms with Crippen molar-refractivity contribution in [2.45, 2.75) is 6.18 Å². The first-order valence-electron chi connectivity index (χ1n) is 5.76. The summed E-state index contributed by atoms with van der Waals surface area (Å²) in [7, 11) is 0. The molecule has 3 aromatic rings. The van der Waals surface area contributed by atoms with E-state index in [2.05, 4.69) is 9.97 Å². The zero-order chi connectivity index (χ0) is 14.3. The van der Waals surface area contributed by atoms with Crippen LogP contribution in [0.2, 0.25) is 5.02 Å². The van der Waals surface area contributed by atoms with Crippen LogP contribution in [0.25, 0.3) is 22.3 Å². The largest absolute Gasteiger partial charge is 0.417 e. The first-order chi connectivity index (χ1) is 9.45. The van der Waals surface area contributed by atoms with Gasteiger partial charge in [-0.1, -0.05) is 29.8 Å². The van der Waals surface area contributed by atoms with E-state index in [4.69, 9.17) is 11.6 Å². The minimum absolute atomic E-state index is 0.0358. The zero-order valence-electron chi connectivity index (χ0n) is 10.0. The van der Waals surface area contributed by atoms with Crippen LogP contribution in [0, 0.1) is 0 Å². The van der Waals surface area contributed by atoms with E-state index in [0.717, 1.165) is 23.2 Å². The Balaban J connectivity index is 2.10. The fourth-order valence-electron chi connectivity index (χ4n) is 1.99. The van der Waals surface area contributed by atoms with Gasteiger partial charge in [0.05, 0.1) is 16.3 Å². The molecule has 3 rings (SSSR count). The number of benzene rings is 1. The van der Waals surface area contributed by atoms with Crippen LogP contribution in [0.5, 0.6) is 0 Å². The highest BCUT2D eigenvalue weighted by molar-refractivity contribution is 6.33. The van der Waals surface area contributed by atoms with E-state index in [-0.39, 0.29) is 5.02 Å². The summed E-state index contributed by atoms with van der Waals surface area (Å²) in [5.74, 6) is 0. The van der Waals surface area contributed by atoms with Gasteiger partial charge >= 0.3 is 6.18 Å². The van der Waals surface area contributed by atoms with Crippen molar-refractivity contribution in [1.82, 2.24) is 9.97 Å². The maximum Gasteiger partial charge on any atom is 0.417 e. The molecule has 0 bridgehead atoms. The predicted molar refractivity (Wildman–Crippen MR) is 71.5 cm³/mol. The number of nitrogens with one attached hydrogen (secondary N) is 1. The number of pyridine rings is 1. The number of fused-ring (bicyclic) bond motifs is 1. The van der Waals surface area contributed by atoms with Crippen molar-refractivity contribution in [2.24, 2.45) is 0 Å². The molecule has 1 aromatic carbocycles. The second-order valence-corrected chi connectivity index (χ2v) is 4.73. The Morgan fingerprint density at radius 2 is 1.85 bits per heavy atom. The summed E-state index contributed by atoms with van der Waals surface area (Å²) in [5, 5.41) is 0.909. The van der Waals surface area contributed by atoms with Crippen molar-refractivity contribution in [1.29, 1.82) is 0 Å². The fourth-order valence-corrected chi connectivity index (χ4v) is 2.26. The van der Waals surface area contributed by atoms with Crippen LogP contribution in [0.3, 0.4) is 0 Å². The number of aromatic nitrogens is 2. The average molecular weight is 297 g/mol.